The second-order valence-electron chi connectivity index (χ2n) is 16.8. The van der Waals surface area contributed by atoms with Gasteiger partial charge in [0.05, 0.1) is 16.7 Å². The van der Waals surface area contributed by atoms with Crippen molar-refractivity contribution in [1.29, 1.82) is 0 Å². The average molecular weight is 847 g/mol. The van der Waals surface area contributed by atoms with Crippen molar-refractivity contribution in [1.82, 2.24) is 19.5 Å². The van der Waals surface area contributed by atoms with Gasteiger partial charge < -0.3 is 8.98 Å². The second-order valence-corrected chi connectivity index (χ2v) is 17.9. The van der Waals surface area contributed by atoms with Gasteiger partial charge in [0, 0.05) is 58.4 Å². The molecule has 4 aromatic heterocycles. The highest BCUT2D eigenvalue weighted by molar-refractivity contribution is 7.26. The maximum Gasteiger partial charge on any atom is 0.164 e. The summed E-state index contributed by atoms with van der Waals surface area (Å²) in [7, 11) is 0. The molecule has 0 N–H and O–H groups in total. The lowest BCUT2D eigenvalue weighted by Crippen LogP contribution is -2.01. The van der Waals surface area contributed by atoms with Gasteiger partial charge in [-0.3, -0.25) is 0 Å². The van der Waals surface area contributed by atoms with Crippen molar-refractivity contribution in [3.63, 3.8) is 0 Å². The first-order valence-electron chi connectivity index (χ1n) is 21.8. The van der Waals surface area contributed by atoms with Gasteiger partial charge in [0.15, 0.2) is 17.5 Å². The van der Waals surface area contributed by atoms with Crippen molar-refractivity contribution >= 4 is 96.8 Å². The van der Waals surface area contributed by atoms with E-state index >= 15 is 0 Å². The molecule has 0 unspecified atom stereocenters. The highest BCUT2D eigenvalue weighted by Crippen LogP contribution is 2.45. The van der Waals surface area contributed by atoms with Crippen LogP contribution in [0.25, 0.3) is 136 Å². The molecule has 6 heteroatoms. The molecule has 0 spiro atoms. The number of nitrogens with zero attached hydrogens (tertiary/aromatic N) is 4. The van der Waals surface area contributed by atoms with Gasteiger partial charge >= 0.3 is 0 Å². The summed E-state index contributed by atoms with van der Waals surface area (Å²) in [5, 5.41) is 11.8. The first-order chi connectivity index (χ1) is 32.2. The van der Waals surface area contributed by atoms with Crippen LogP contribution in [-0.4, -0.2) is 19.5 Å². The van der Waals surface area contributed by atoms with Gasteiger partial charge in [-0.25, -0.2) is 15.0 Å². The van der Waals surface area contributed by atoms with Crippen LogP contribution < -0.4 is 0 Å². The van der Waals surface area contributed by atoms with Gasteiger partial charge in [0.25, 0.3) is 0 Å². The number of thiophene rings is 1. The molecular formula is C59H34N4OS. The highest BCUT2D eigenvalue weighted by atomic mass is 32.1. The first-order valence-corrected chi connectivity index (χ1v) is 22.6. The van der Waals surface area contributed by atoms with Crippen molar-refractivity contribution in [2.75, 3.05) is 0 Å². The Balaban J connectivity index is 1.07. The third-order valence-corrected chi connectivity index (χ3v) is 14.1. The van der Waals surface area contributed by atoms with Crippen LogP contribution in [-0.2, 0) is 0 Å². The summed E-state index contributed by atoms with van der Waals surface area (Å²) >= 11 is 1.82. The molecule has 65 heavy (non-hydrogen) atoms. The van der Waals surface area contributed by atoms with Gasteiger partial charge in [-0.1, -0.05) is 133 Å². The first kappa shape index (κ1) is 36.1. The molecule has 0 amide bonds. The summed E-state index contributed by atoms with van der Waals surface area (Å²) in [4.78, 5) is 16.0. The Morgan fingerprint density at radius 2 is 0.938 bits per heavy atom. The second kappa shape index (κ2) is 14.0. The van der Waals surface area contributed by atoms with E-state index in [0.29, 0.717) is 17.5 Å². The van der Waals surface area contributed by atoms with Crippen molar-refractivity contribution < 1.29 is 4.42 Å². The summed E-state index contributed by atoms with van der Waals surface area (Å²) in [5.74, 6) is 1.80. The molecule has 0 saturated carbocycles. The SMILES string of the molecule is c1ccc(-c2cccc(-c3nc(-c4cc(-n5c6ccccc6c6cc7ccccc7cc65)c5c(c4)sc4cc6ccccc6cc45)nc(-c4ccc5oc6ccccc6c5c4)n3)c2)cc1. The molecule has 5 nitrogen and oxygen atoms in total. The number of furan rings is 1. The quantitative estimate of drug-likeness (QED) is 0.173. The van der Waals surface area contributed by atoms with Crippen LogP contribution in [0.1, 0.15) is 0 Å². The fraction of sp³-hybridized carbons (Fsp3) is 0. The molecule has 302 valence electrons. The Labute approximate surface area is 376 Å². The van der Waals surface area contributed by atoms with E-state index in [1.165, 1.54) is 47.8 Å². The summed E-state index contributed by atoms with van der Waals surface area (Å²) in [6.45, 7) is 0. The van der Waals surface area contributed by atoms with E-state index in [4.69, 9.17) is 19.4 Å². The van der Waals surface area contributed by atoms with Crippen LogP contribution in [0, 0.1) is 0 Å². The van der Waals surface area contributed by atoms with E-state index in [0.717, 1.165) is 71.2 Å². The Hall–Kier alpha value is -8.45. The van der Waals surface area contributed by atoms with E-state index in [9.17, 15) is 0 Å². The summed E-state index contributed by atoms with van der Waals surface area (Å²) < 4.78 is 11.1. The highest BCUT2D eigenvalue weighted by Gasteiger charge is 2.22. The zero-order valence-electron chi connectivity index (χ0n) is 34.7. The lowest BCUT2D eigenvalue weighted by molar-refractivity contribution is 0.669. The van der Waals surface area contributed by atoms with Crippen molar-refractivity contribution in [3.8, 4) is 51.0 Å². The number of benzene rings is 10. The molecule has 10 aromatic carbocycles. The predicted molar refractivity (Wildman–Crippen MR) is 271 cm³/mol. The van der Waals surface area contributed by atoms with E-state index < -0.39 is 0 Å². The van der Waals surface area contributed by atoms with Crippen LogP contribution in [0.2, 0.25) is 0 Å². The number of fused-ring (bicyclic) bond motifs is 11. The lowest BCUT2D eigenvalue weighted by Gasteiger charge is -2.14. The van der Waals surface area contributed by atoms with E-state index in [-0.39, 0.29) is 0 Å². The third-order valence-electron chi connectivity index (χ3n) is 13.0. The van der Waals surface area contributed by atoms with Crippen LogP contribution in [0.5, 0.6) is 0 Å². The Morgan fingerprint density at radius 1 is 0.338 bits per heavy atom. The molecular weight excluding hydrogens is 813 g/mol. The minimum atomic E-state index is 0.592. The van der Waals surface area contributed by atoms with Crippen LogP contribution in [0.4, 0.5) is 0 Å². The summed E-state index contributed by atoms with van der Waals surface area (Å²) in [6.07, 6.45) is 0. The van der Waals surface area contributed by atoms with Gasteiger partial charge in [0.1, 0.15) is 11.2 Å². The molecule has 0 bridgehead atoms. The maximum atomic E-state index is 6.25. The van der Waals surface area contributed by atoms with Crippen LogP contribution >= 0.6 is 11.3 Å². The monoisotopic (exact) mass is 846 g/mol. The molecule has 0 aliphatic heterocycles. The summed E-state index contributed by atoms with van der Waals surface area (Å²) in [5.41, 5.74) is 10.00. The molecule has 0 radical (unpaired) electrons. The number of aromatic nitrogens is 4. The van der Waals surface area contributed by atoms with Crippen molar-refractivity contribution in [2.45, 2.75) is 0 Å². The van der Waals surface area contributed by atoms with E-state index in [1.807, 2.05) is 41.7 Å². The number of rotatable bonds is 5. The van der Waals surface area contributed by atoms with E-state index in [2.05, 4.69) is 180 Å². The predicted octanol–water partition coefficient (Wildman–Crippen LogP) is 16.2. The smallest absolute Gasteiger partial charge is 0.164 e. The minimum Gasteiger partial charge on any atom is -0.456 e. The molecule has 0 atom stereocenters. The van der Waals surface area contributed by atoms with Gasteiger partial charge in [0.2, 0.25) is 0 Å². The number of hydrogen-bond acceptors (Lipinski definition) is 5. The molecule has 0 aliphatic rings. The Kier molecular flexibility index (Phi) is 7.79. The molecule has 14 rings (SSSR count). The van der Waals surface area contributed by atoms with Crippen molar-refractivity contribution in [2.24, 2.45) is 0 Å². The maximum absolute atomic E-state index is 6.25. The molecule has 14 aromatic rings. The van der Waals surface area contributed by atoms with Gasteiger partial charge in [-0.15, -0.1) is 11.3 Å². The topological polar surface area (TPSA) is 56.7 Å². The molecule has 0 aliphatic carbocycles. The lowest BCUT2D eigenvalue weighted by atomic mass is 10.0. The van der Waals surface area contributed by atoms with Crippen LogP contribution in [0.3, 0.4) is 0 Å². The normalized spacial score (nSPS) is 12.0. The Bertz CT molecular complexity index is 4260. The van der Waals surface area contributed by atoms with E-state index in [1.54, 1.807) is 0 Å². The zero-order valence-corrected chi connectivity index (χ0v) is 35.6. The average Bonchev–Trinajstić information content (AvgIpc) is 4.03. The standard InChI is InChI=1S/C59H34N4OS/c1-2-13-35(14-3-1)36-19-12-20-41(27-36)57-60-58(42-25-26-53-47(30-42)45-22-9-11-24-52(45)64-53)62-59(61-57)43-32-51(56-48-29-38-16-5-7-18-40(38)33-54(48)65-55(56)34-43)63-49-23-10-8-21-44(49)46-28-37-15-4-6-17-39(37)31-50(46)63/h1-34H. The third kappa shape index (κ3) is 5.74. The van der Waals surface area contributed by atoms with Gasteiger partial charge in [-0.2, -0.15) is 0 Å². The fourth-order valence-corrected chi connectivity index (χ4v) is 11.1. The number of hydrogen-bond donors (Lipinski definition) is 0. The van der Waals surface area contributed by atoms with Crippen molar-refractivity contribution in [3.05, 3.63) is 206 Å². The molecule has 0 fully saturated rings. The number of para-hydroxylation sites is 2. The fourth-order valence-electron chi connectivity index (χ4n) is 9.89. The van der Waals surface area contributed by atoms with Crippen LogP contribution in [0.15, 0.2) is 211 Å². The molecule has 4 heterocycles. The summed E-state index contributed by atoms with van der Waals surface area (Å²) in [6, 6.07) is 73.4. The Morgan fingerprint density at radius 3 is 1.74 bits per heavy atom. The van der Waals surface area contributed by atoms with Gasteiger partial charge in [-0.05, 0) is 105 Å². The molecule has 0 saturated heterocycles. The largest absolute Gasteiger partial charge is 0.456 e. The zero-order chi connectivity index (χ0) is 42.6. The minimum absolute atomic E-state index is 0.592.